The van der Waals surface area contributed by atoms with Crippen LogP contribution < -0.4 is 10.1 Å². The topological polar surface area (TPSA) is 34.1 Å². The van der Waals surface area contributed by atoms with Crippen LogP contribution in [0.3, 0.4) is 0 Å². The summed E-state index contributed by atoms with van der Waals surface area (Å²) in [6, 6.07) is 11.1. The second-order valence-corrected chi connectivity index (χ2v) is 4.56. The van der Waals surface area contributed by atoms with E-state index in [9.17, 15) is 0 Å². The monoisotopic (exact) mass is 312 g/mol. The highest BCUT2D eigenvalue weighted by atomic mass is 79.9. The first-order chi connectivity index (χ1) is 8.19. The van der Waals surface area contributed by atoms with Crippen molar-refractivity contribution in [3.8, 4) is 5.75 Å². The summed E-state index contributed by atoms with van der Waals surface area (Å²) in [7, 11) is 1.63. The fourth-order valence-electron chi connectivity index (χ4n) is 1.37. The number of nitrogens with one attached hydrogen (secondary N) is 1. The first kappa shape index (κ1) is 12.2. The molecule has 1 aromatic heterocycles. The number of hydrogen-bond donors (Lipinski definition) is 1. The fraction of sp³-hybridized carbons (Fsp3) is 0.0833. The Balaban J connectivity index is 2.22. The molecule has 0 saturated carbocycles. The third kappa shape index (κ3) is 3.11. The Kier molecular flexibility index (Phi) is 3.86. The summed E-state index contributed by atoms with van der Waals surface area (Å²) in [6.07, 6.45) is 0. The van der Waals surface area contributed by atoms with Gasteiger partial charge >= 0.3 is 0 Å². The molecule has 1 N–H and O–H groups in total. The molecule has 0 aliphatic heterocycles. The summed E-state index contributed by atoms with van der Waals surface area (Å²) >= 11 is 9.23. The van der Waals surface area contributed by atoms with E-state index >= 15 is 0 Å². The number of pyridine rings is 1. The zero-order valence-electron chi connectivity index (χ0n) is 9.08. The Morgan fingerprint density at radius 3 is 2.76 bits per heavy atom. The maximum Gasteiger partial charge on any atom is 0.133 e. The lowest BCUT2D eigenvalue weighted by molar-refractivity contribution is 0.412. The molecule has 5 heteroatoms. The second-order valence-electron chi connectivity index (χ2n) is 3.32. The summed E-state index contributed by atoms with van der Waals surface area (Å²) in [5, 5.41) is 3.62. The first-order valence-corrected chi connectivity index (χ1v) is 6.09. The van der Waals surface area contributed by atoms with Crippen LogP contribution >= 0.6 is 27.5 Å². The molecule has 0 bridgehead atoms. The van der Waals surface area contributed by atoms with E-state index in [2.05, 4.69) is 26.2 Å². The van der Waals surface area contributed by atoms with Crippen LogP contribution in [0.25, 0.3) is 0 Å². The molecule has 0 unspecified atom stereocenters. The number of hydrogen-bond acceptors (Lipinski definition) is 3. The minimum atomic E-state index is 0.461. The van der Waals surface area contributed by atoms with Gasteiger partial charge in [-0.25, -0.2) is 4.98 Å². The van der Waals surface area contributed by atoms with Crippen LogP contribution in [-0.4, -0.2) is 12.1 Å². The molecule has 0 amide bonds. The number of methoxy groups -OCH3 is 1. The van der Waals surface area contributed by atoms with Gasteiger partial charge in [-0.15, -0.1) is 0 Å². The van der Waals surface area contributed by atoms with E-state index in [-0.39, 0.29) is 0 Å². The lowest BCUT2D eigenvalue weighted by Gasteiger charge is -2.08. The minimum absolute atomic E-state index is 0.461. The van der Waals surface area contributed by atoms with Crippen LogP contribution in [0.15, 0.2) is 40.9 Å². The van der Waals surface area contributed by atoms with Crippen LogP contribution in [0.1, 0.15) is 0 Å². The van der Waals surface area contributed by atoms with E-state index in [1.165, 1.54) is 0 Å². The van der Waals surface area contributed by atoms with Gasteiger partial charge in [-0.2, -0.15) is 0 Å². The summed E-state index contributed by atoms with van der Waals surface area (Å²) in [6.45, 7) is 0. The van der Waals surface area contributed by atoms with Gasteiger partial charge < -0.3 is 10.1 Å². The molecule has 88 valence electrons. The van der Waals surface area contributed by atoms with E-state index in [1.807, 2.05) is 30.3 Å². The van der Waals surface area contributed by atoms with E-state index < -0.39 is 0 Å². The van der Waals surface area contributed by atoms with Gasteiger partial charge in [0.15, 0.2) is 0 Å². The third-order valence-corrected chi connectivity index (χ3v) is 2.97. The number of halogens is 2. The smallest absolute Gasteiger partial charge is 0.133 e. The molecular formula is C12H10BrClN2O. The van der Waals surface area contributed by atoms with Crippen molar-refractivity contribution in [3.05, 3.63) is 46.0 Å². The third-order valence-electron chi connectivity index (χ3n) is 2.14. The van der Waals surface area contributed by atoms with Gasteiger partial charge in [-0.1, -0.05) is 17.7 Å². The summed E-state index contributed by atoms with van der Waals surface area (Å²) in [5.41, 5.74) is 0.910. The second kappa shape index (κ2) is 5.38. The number of anilines is 2. The van der Waals surface area contributed by atoms with Gasteiger partial charge in [-0.3, -0.25) is 0 Å². The Bertz CT molecular complexity index is 534. The van der Waals surface area contributed by atoms with Gasteiger partial charge in [-0.05, 0) is 46.3 Å². The maximum absolute atomic E-state index is 5.81. The van der Waals surface area contributed by atoms with Gasteiger partial charge in [0.05, 0.1) is 11.6 Å². The summed E-state index contributed by atoms with van der Waals surface area (Å²) in [4.78, 5) is 4.15. The van der Waals surface area contributed by atoms with Crippen LogP contribution in [0.4, 0.5) is 11.5 Å². The zero-order valence-corrected chi connectivity index (χ0v) is 11.4. The van der Waals surface area contributed by atoms with Gasteiger partial charge in [0.2, 0.25) is 0 Å². The van der Waals surface area contributed by atoms with Gasteiger partial charge in [0.1, 0.15) is 16.7 Å². The Morgan fingerprint density at radius 2 is 2.12 bits per heavy atom. The van der Waals surface area contributed by atoms with Gasteiger partial charge in [0.25, 0.3) is 0 Å². The highest BCUT2D eigenvalue weighted by molar-refractivity contribution is 9.10. The van der Waals surface area contributed by atoms with Crippen molar-refractivity contribution in [2.75, 3.05) is 12.4 Å². The first-order valence-electron chi connectivity index (χ1n) is 4.92. The predicted molar refractivity (Wildman–Crippen MR) is 73.2 cm³/mol. The lowest BCUT2D eigenvalue weighted by Crippen LogP contribution is -1.94. The van der Waals surface area contributed by atoms with Crippen molar-refractivity contribution >= 4 is 39.0 Å². The summed E-state index contributed by atoms with van der Waals surface area (Å²) in [5.74, 6) is 1.49. The van der Waals surface area contributed by atoms with Crippen LogP contribution in [-0.2, 0) is 0 Å². The fourth-order valence-corrected chi connectivity index (χ4v) is 2.07. The van der Waals surface area contributed by atoms with E-state index in [4.69, 9.17) is 16.3 Å². The summed E-state index contributed by atoms with van der Waals surface area (Å²) < 4.78 is 6.04. The molecule has 1 aromatic carbocycles. The van der Waals surface area contributed by atoms with Crippen molar-refractivity contribution in [1.29, 1.82) is 0 Å². The minimum Gasteiger partial charge on any atom is -0.496 e. The molecule has 1 heterocycles. The molecule has 0 fully saturated rings. The number of benzene rings is 1. The molecule has 17 heavy (non-hydrogen) atoms. The van der Waals surface area contributed by atoms with Gasteiger partial charge in [0, 0.05) is 5.69 Å². The Hall–Kier alpha value is -1.26. The van der Waals surface area contributed by atoms with E-state index in [0.717, 1.165) is 15.9 Å². The molecule has 0 atom stereocenters. The van der Waals surface area contributed by atoms with E-state index in [0.29, 0.717) is 11.0 Å². The highest BCUT2D eigenvalue weighted by Gasteiger charge is 2.02. The number of ether oxygens (including phenoxy) is 1. The van der Waals surface area contributed by atoms with Crippen molar-refractivity contribution in [1.82, 2.24) is 4.98 Å². The molecule has 0 radical (unpaired) electrons. The van der Waals surface area contributed by atoms with Crippen molar-refractivity contribution < 1.29 is 4.74 Å². The predicted octanol–water partition coefficient (Wildman–Crippen LogP) is 4.25. The molecule has 0 saturated heterocycles. The number of aromatic nitrogens is 1. The van der Waals surface area contributed by atoms with Crippen molar-refractivity contribution in [3.63, 3.8) is 0 Å². The Morgan fingerprint density at radius 1 is 1.29 bits per heavy atom. The molecule has 3 nitrogen and oxygen atoms in total. The SMILES string of the molecule is COc1ccc(Nc2cccc(Cl)n2)cc1Br. The average Bonchev–Trinajstić information content (AvgIpc) is 2.29. The zero-order chi connectivity index (χ0) is 12.3. The maximum atomic E-state index is 5.81. The van der Waals surface area contributed by atoms with Crippen molar-refractivity contribution in [2.45, 2.75) is 0 Å². The molecular weight excluding hydrogens is 304 g/mol. The lowest BCUT2D eigenvalue weighted by atomic mass is 10.3. The largest absolute Gasteiger partial charge is 0.496 e. The van der Waals surface area contributed by atoms with E-state index in [1.54, 1.807) is 13.2 Å². The van der Waals surface area contributed by atoms with Crippen LogP contribution in [0.2, 0.25) is 5.15 Å². The quantitative estimate of drug-likeness (QED) is 0.860. The molecule has 0 aliphatic carbocycles. The molecule has 2 rings (SSSR count). The molecule has 0 aliphatic rings. The number of rotatable bonds is 3. The Labute approximate surface area is 113 Å². The van der Waals surface area contributed by atoms with Crippen molar-refractivity contribution in [2.24, 2.45) is 0 Å². The molecule has 2 aromatic rings. The highest BCUT2D eigenvalue weighted by Crippen LogP contribution is 2.28. The average molecular weight is 314 g/mol. The number of nitrogens with zero attached hydrogens (tertiary/aromatic N) is 1. The normalized spacial score (nSPS) is 10.1. The van der Waals surface area contributed by atoms with Crippen LogP contribution in [0, 0.1) is 0 Å². The van der Waals surface area contributed by atoms with Crippen LogP contribution in [0.5, 0.6) is 5.75 Å². The standard InChI is InChI=1S/C12H10BrClN2O/c1-17-10-6-5-8(7-9(10)13)15-12-4-2-3-11(14)16-12/h2-7H,1H3,(H,15,16). The molecule has 0 spiro atoms.